The zero-order valence-corrected chi connectivity index (χ0v) is 8.58. The highest BCUT2D eigenvalue weighted by Gasteiger charge is 2.11. The molecule has 1 aromatic rings. The van der Waals surface area contributed by atoms with Crippen molar-refractivity contribution in [3.05, 3.63) is 30.1 Å². The van der Waals surface area contributed by atoms with Gasteiger partial charge in [-0.25, -0.2) is 0 Å². The molecule has 0 aromatic carbocycles. The molecule has 1 atom stereocenters. The number of piperidine rings is 1. The van der Waals surface area contributed by atoms with Crippen LogP contribution in [-0.2, 0) is 6.42 Å². The van der Waals surface area contributed by atoms with E-state index in [1.807, 2.05) is 12.3 Å². The summed E-state index contributed by atoms with van der Waals surface area (Å²) in [7, 11) is 0. The van der Waals surface area contributed by atoms with E-state index in [0.717, 1.165) is 12.5 Å². The zero-order chi connectivity index (χ0) is 9.64. The van der Waals surface area contributed by atoms with Crippen LogP contribution in [0.5, 0.6) is 0 Å². The lowest BCUT2D eigenvalue weighted by Gasteiger charge is -2.23. The number of hydrogen-bond donors (Lipinski definition) is 1. The Bertz CT molecular complexity index is 252. The minimum atomic E-state index is 0.728. The first-order chi connectivity index (χ1) is 6.95. The van der Waals surface area contributed by atoms with Crippen LogP contribution < -0.4 is 5.32 Å². The molecule has 1 unspecified atom stereocenters. The molecular weight excluding hydrogens is 172 g/mol. The molecule has 0 amide bonds. The van der Waals surface area contributed by atoms with Gasteiger partial charge in [0, 0.05) is 17.9 Å². The van der Waals surface area contributed by atoms with Gasteiger partial charge in [0.05, 0.1) is 0 Å². The van der Waals surface area contributed by atoms with E-state index < -0.39 is 0 Å². The van der Waals surface area contributed by atoms with Crippen molar-refractivity contribution in [3.63, 3.8) is 0 Å². The molecular formula is C12H18N2. The highest BCUT2D eigenvalue weighted by atomic mass is 14.9. The minimum Gasteiger partial charge on any atom is -0.314 e. The molecule has 1 fully saturated rings. The Morgan fingerprint density at radius 1 is 1.36 bits per heavy atom. The molecule has 2 nitrogen and oxygen atoms in total. The molecule has 1 saturated heterocycles. The van der Waals surface area contributed by atoms with E-state index in [4.69, 9.17) is 0 Å². The van der Waals surface area contributed by atoms with Crippen LogP contribution in [0, 0.1) is 0 Å². The Labute approximate surface area is 85.7 Å². The van der Waals surface area contributed by atoms with Gasteiger partial charge in [0.2, 0.25) is 0 Å². The average Bonchev–Trinajstić information content (AvgIpc) is 2.29. The van der Waals surface area contributed by atoms with Gasteiger partial charge in [-0.3, -0.25) is 4.98 Å². The Kier molecular flexibility index (Phi) is 3.52. The van der Waals surface area contributed by atoms with Gasteiger partial charge in [-0.2, -0.15) is 0 Å². The second-order valence-corrected chi connectivity index (χ2v) is 4.01. The molecule has 14 heavy (non-hydrogen) atoms. The third kappa shape index (κ3) is 2.81. The van der Waals surface area contributed by atoms with Gasteiger partial charge in [0.25, 0.3) is 0 Å². The third-order valence-electron chi connectivity index (χ3n) is 2.89. The van der Waals surface area contributed by atoms with Crippen LogP contribution in [0.1, 0.15) is 31.4 Å². The van der Waals surface area contributed by atoms with Crippen LogP contribution in [0.15, 0.2) is 24.4 Å². The SMILES string of the molecule is c1ccc(CCC2CCCCN2)nc1. The maximum Gasteiger partial charge on any atom is 0.0404 e. The molecule has 0 spiro atoms. The first-order valence-corrected chi connectivity index (χ1v) is 5.58. The topological polar surface area (TPSA) is 24.9 Å². The summed E-state index contributed by atoms with van der Waals surface area (Å²) in [6.45, 7) is 1.20. The summed E-state index contributed by atoms with van der Waals surface area (Å²) >= 11 is 0. The van der Waals surface area contributed by atoms with Crippen molar-refractivity contribution >= 4 is 0 Å². The summed E-state index contributed by atoms with van der Waals surface area (Å²) in [5.41, 5.74) is 1.22. The van der Waals surface area contributed by atoms with Gasteiger partial charge in [0.15, 0.2) is 0 Å². The van der Waals surface area contributed by atoms with E-state index in [2.05, 4.69) is 22.4 Å². The fraction of sp³-hybridized carbons (Fsp3) is 0.583. The summed E-state index contributed by atoms with van der Waals surface area (Å²) in [6.07, 6.45) is 8.30. The van der Waals surface area contributed by atoms with Gasteiger partial charge in [0.1, 0.15) is 0 Å². The number of aromatic nitrogens is 1. The van der Waals surface area contributed by atoms with Gasteiger partial charge < -0.3 is 5.32 Å². The van der Waals surface area contributed by atoms with Crippen molar-refractivity contribution in [1.29, 1.82) is 0 Å². The van der Waals surface area contributed by atoms with Crippen LogP contribution in [0.3, 0.4) is 0 Å². The van der Waals surface area contributed by atoms with Crippen molar-refractivity contribution in [2.45, 2.75) is 38.1 Å². The lowest BCUT2D eigenvalue weighted by molar-refractivity contribution is 0.382. The Balaban J connectivity index is 1.76. The van der Waals surface area contributed by atoms with Crippen molar-refractivity contribution < 1.29 is 0 Å². The molecule has 0 bridgehead atoms. The van der Waals surface area contributed by atoms with E-state index in [-0.39, 0.29) is 0 Å². The molecule has 1 aromatic heterocycles. The third-order valence-corrected chi connectivity index (χ3v) is 2.89. The summed E-state index contributed by atoms with van der Waals surface area (Å²) in [6, 6.07) is 6.88. The van der Waals surface area contributed by atoms with Crippen molar-refractivity contribution in [2.75, 3.05) is 6.54 Å². The molecule has 1 aliphatic rings. The number of aryl methyl sites for hydroxylation is 1. The average molecular weight is 190 g/mol. The quantitative estimate of drug-likeness (QED) is 0.790. The number of nitrogens with one attached hydrogen (secondary N) is 1. The summed E-state index contributed by atoms with van der Waals surface area (Å²) in [5, 5.41) is 3.56. The van der Waals surface area contributed by atoms with Gasteiger partial charge in [-0.1, -0.05) is 12.5 Å². The predicted molar refractivity (Wildman–Crippen MR) is 58.2 cm³/mol. The maximum atomic E-state index is 4.34. The molecule has 0 aliphatic carbocycles. The monoisotopic (exact) mass is 190 g/mol. The summed E-state index contributed by atoms with van der Waals surface area (Å²) in [5.74, 6) is 0. The van der Waals surface area contributed by atoms with E-state index >= 15 is 0 Å². The first-order valence-electron chi connectivity index (χ1n) is 5.58. The van der Waals surface area contributed by atoms with Gasteiger partial charge in [-0.05, 0) is 44.4 Å². The van der Waals surface area contributed by atoms with Crippen molar-refractivity contribution in [1.82, 2.24) is 10.3 Å². The Morgan fingerprint density at radius 2 is 2.36 bits per heavy atom. The molecule has 2 heteroatoms. The molecule has 76 valence electrons. The van der Waals surface area contributed by atoms with Crippen LogP contribution in [0.25, 0.3) is 0 Å². The lowest BCUT2D eigenvalue weighted by atomic mass is 10.00. The van der Waals surface area contributed by atoms with Crippen LogP contribution in [0.4, 0.5) is 0 Å². The fourth-order valence-corrected chi connectivity index (χ4v) is 2.04. The zero-order valence-electron chi connectivity index (χ0n) is 8.58. The predicted octanol–water partition coefficient (Wildman–Crippen LogP) is 2.16. The fourth-order valence-electron chi connectivity index (χ4n) is 2.04. The normalized spacial score (nSPS) is 22.1. The highest BCUT2D eigenvalue weighted by molar-refractivity contribution is 5.03. The summed E-state index contributed by atoms with van der Waals surface area (Å²) in [4.78, 5) is 4.34. The number of rotatable bonds is 3. The van der Waals surface area contributed by atoms with Crippen molar-refractivity contribution in [3.8, 4) is 0 Å². The van der Waals surface area contributed by atoms with Gasteiger partial charge in [-0.15, -0.1) is 0 Å². The number of nitrogens with zero attached hydrogens (tertiary/aromatic N) is 1. The Hall–Kier alpha value is -0.890. The molecule has 1 N–H and O–H groups in total. The van der Waals surface area contributed by atoms with Crippen LogP contribution in [0.2, 0.25) is 0 Å². The molecule has 2 heterocycles. The van der Waals surface area contributed by atoms with Gasteiger partial charge >= 0.3 is 0 Å². The molecule has 2 rings (SSSR count). The van der Waals surface area contributed by atoms with Crippen LogP contribution in [-0.4, -0.2) is 17.6 Å². The second-order valence-electron chi connectivity index (χ2n) is 4.01. The van der Waals surface area contributed by atoms with E-state index in [1.165, 1.54) is 37.9 Å². The molecule has 0 saturated carbocycles. The smallest absolute Gasteiger partial charge is 0.0404 e. The minimum absolute atomic E-state index is 0.728. The number of pyridine rings is 1. The standard InChI is InChI=1S/C12H18N2/c1-3-9-13-11(5-1)7-8-12-6-2-4-10-14-12/h1,3,5,9,12,14H,2,4,6-8,10H2. The largest absolute Gasteiger partial charge is 0.314 e. The van der Waals surface area contributed by atoms with E-state index in [1.54, 1.807) is 0 Å². The first kappa shape index (κ1) is 9.66. The van der Waals surface area contributed by atoms with E-state index in [9.17, 15) is 0 Å². The lowest BCUT2D eigenvalue weighted by Crippen LogP contribution is -2.34. The molecule has 1 aliphatic heterocycles. The summed E-state index contributed by atoms with van der Waals surface area (Å²) < 4.78 is 0. The highest BCUT2D eigenvalue weighted by Crippen LogP contribution is 2.12. The van der Waals surface area contributed by atoms with Crippen molar-refractivity contribution in [2.24, 2.45) is 0 Å². The Morgan fingerprint density at radius 3 is 3.07 bits per heavy atom. The van der Waals surface area contributed by atoms with Crippen LogP contribution >= 0.6 is 0 Å². The second kappa shape index (κ2) is 5.11. The maximum absolute atomic E-state index is 4.34. The molecule has 0 radical (unpaired) electrons. The van der Waals surface area contributed by atoms with E-state index in [0.29, 0.717) is 0 Å². The number of hydrogen-bond acceptors (Lipinski definition) is 2.